The molecule has 2 aromatic rings. The van der Waals surface area contributed by atoms with Crippen LogP contribution in [0.25, 0.3) is 0 Å². The minimum Gasteiger partial charge on any atom is -0.457 e. The summed E-state index contributed by atoms with van der Waals surface area (Å²) in [5.41, 5.74) is 8.35. The van der Waals surface area contributed by atoms with Crippen LogP contribution in [0.2, 0.25) is 36.3 Å². The summed E-state index contributed by atoms with van der Waals surface area (Å²) >= 11 is 0. The van der Waals surface area contributed by atoms with E-state index in [0.717, 1.165) is 61.6 Å². The highest BCUT2D eigenvalue weighted by Crippen LogP contribution is 2.38. The summed E-state index contributed by atoms with van der Waals surface area (Å²) in [7, 11) is -3.42. The van der Waals surface area contributed by atoms with Gasteiger partial charge in [-0.3, -0.25) is 0 Å². The largest absolute Gasteiger partial charge is 0.457 e. The van der Waals surface area contributed by atoms with E-state index in [1.807, 2.05) is 12.1 Å². The van der Waals surface area contributed by atoms with Crippen LogP contribution in [0.1, 0.15) is 108 Å². The van der Waals surface area contributed by atoms with Crippen LogP contribution in [0.5, 0.6) is 0 Å². The number of piperazine rings is 2. The molecule has 2 fully saturated rings. The Morgan fingerprint density at radius 3 is 1.29 bits per heavy atom. The molecular formula is C40H64N4O6Si2. The van der Waals surface area contributed by atoms with Gasteiger partial charge in [-0.25, -0.2) is 9.59 Å². The monoisotopic (exact) mass is 752 g/mol. The molecule has 52 heavy (non-hydrogen) atoms. The van der Waals surface area contributed by atoms with Crippen LogP contribution in [0.3, 0.4) is 0 Å². The zero-order valence-corrected chi connectivity index (χ0v) is 35.7. The van der Waals surface area contributed by atoms with E-state index in [4.69, 9.17) is 18.3 Å². The molecule has 4 aliphatic rings. The number of fused-ring (bicyclic) bond motifs is 2. The van der Waals surface area contributed by atoms with Gasteiger partial charge in [0.05, 0.1) is 24.3 Å². The second-order valence-electron chi connectivity index (χ2n) is 18.0. The van der Waals surface area contributed by atoms with Gasteiger partial charge in [-0.1, -0.05) is 53.7 Å². The van der Waals surface area contributed by atoms with Crippen LogP contribution in [-0.2, 0) is 31.5 Å². The molecule has 0 aromatic heterocycles. The number of ether oxygens (including phenoxy) is 2. The van der Waals surface area contributed by atoms with Crippen molar-refractivity contribution in [2.45, 2.75) is 129 Å². The molecule has 288 valence electrons. The van der Waals surface area contributed by atoms with Crippen molar-refractivity contribution in [2.75, 3.05) is 39.4 Å². The summed E-state index contributed by atoms with van der Waals surface area (Å²) in [6.45, 7) is 32.8. The van der Waals surface area contributed by atoms with Crippen molar-refractivity contribution in [1.29, 1.82) is 0 Å². The first kappa shape index (κ1) is 40.8. The van der Waals surface area contributed by atoms with Gasteiger partial charge in [-0.15, -0.1) is 0 Å². The molecule has 0 aliphatic carbocycles. The molecule has 2 saturated heterocycles. The highest BCUT2D eigenvalue weighted by atomic mass is 28.4. The zero-order valence-electron chi connectivity index (χ0n) is 33.7. The third-order valence-corrected chi connectivity index (χ3v) is 21.5. The van der Waals surface area contributed by atoms with E-state index >= 15 is 0 Å². The lowest BCUT2D eigenvalue weighted by molar-refractivity contribution is 0.0526. The normalized spacial score (nSPS) is 23.7. The summed E-state index contributed by atoms with van der Waals surface area (Å²) in [5.74, 6) is -0.403. The van der Waals surface area contributed by atoms with E-state index in [2.05, 4.69) is 115 Å². The number of rotatable bonds is 8. The predicted octanol–water partition coefficient (Wildman–Crippen LogP) is 6.58. The number of nitrogens with one attached hydrogen (secondary N) is 4. The standard InChI is InChI=1S/2C20H32N2O3Si/c2*1-13-15(7-8-16-17(13)12-24-19(16)23)18-10-21-14(9-22-18)11-25-26(5,6)20(2,3)4/h2*7-8,14,18,21-22H,9-12H2,1-6H3. The highest BCUT2D eigenvalue weighted by Gasteiger charge is 2.39. The van der Waals surface area contributed by atoms with Crippen molar-refractivity contribution in [3.05, 3.63) is 68.8 Å². The first-order chi connectivity index (χ1) is 24.2. The molecule has 4 atom stereocenters. The van der Waals surface area contributed by atoms with Gasteiger partial charge >= 0.3 is 11.9 Å². The fourth-order valence-electron chi connectivity index (χ4n) is 6.64. The van der Waals surface area contributed by atoms with E-state index in [9.17, 15) is 9.59 Å². The number of carbonyl (C=O) groups excluding carboxylic acids is 2. The summed E-state index contributed by atoms with van der Waals surface area (Å²) in [5, 5.41) is 15.0. The number of benzene rings is 2. The highest BCUT2D eigenvalue weighted by molar-refractivity contribution is 6.74. The average Bonchev–Trinajstić information content (AvgIpc) is 3.66. The minimum absolute atomic E-state index is 0.202. The molecule has 0 spiro atoms. The topological polar surface area (TPSA) is 119 Å². The molecule has 0 radical (unpaired) electrons. The maximum atomic E-state index is 11.7. The second-order valence-corrected chi connectivity index (χ2v) is 27.7. The fraction of sp³-hybridized carbons (Fsp3) is 0.650. The molecule has 0 saturated carbocycles. The van der Waals surface area contributed by atoms with Crippen molar-refractivity contribution in [1.82, 2.24) is 21.3 Å². The van der Waals surface area contributed by atoms with Crippen molar-refractivity contribution in [3.63, 3.8) is 0 Å². The Kier molecular flexibility index (Phi) is 12.3. The molecule has 4 unspecified atom stereocenters. The first-order valence-corrected chi connectivity index (χ1v) is 24.8. The molecule has 4 aliphatic heterocycles. The molecule has 6 rings (SSSR count). The molecule has 4 N–H and O–H groups in total. The quantitative estimate of drug-likeness (QED) is 0.174. The maximum Gasteiger partial charge on any atom is 0.338 e. The number of hydrogen-bond acceptors (Lipinski definition) is 10. The van der Waals surface area contributed by atoms with E-state index in [1.54, 1.807) is 0 Å². The van der Waals surface area contributed by atoms with Gasteiger partial charge in [0.1, 0.15) is 13.2 Å². The molecule has 10 nitrogen and oxygen atoms in total. The second kappa shape index (κ2) is 15.7. The summed E-state index contributed by atoms with van der Waals surface area (Å²) in [6, 6.07) is 9.10. The van der Waals surface area contributed by atoms with Gasteiger partial charge in [0.2, 0.25) is 0 Å². The molecule has 12 heteroatoms. The summed E-state index contributed by atoms with van der Waals surface area (Å²) < 4.78 is 23.0. The molecule has 0 amide bonds. The Bertz CT molecular complexity index is 1500. The Labute approximate surface area is 314 Å². The minimum atomic E-state index is -1.71. The first-order valence-electron chi connectivity index (χ1n) is 19.0. The van der Waals surface area contributed by atoms with Crippen LogP contribution < -0.4 is 21.3 Å². The molecule has 4 heterocycles. The Balaban J connectivity index is 0.000000201. The van der Waals surface area contributed by atoms with Crippen LogP contribution in [-0.4, -0.2) is 80.0 Å². The number of hydrogen-bond donors (Lipinski definition) is 4. The number of esters is 2. The Morgan fingerprint density at radius 1 is 0.615 bits per heavy atom. The van der Waals surface area contributed by atoms with Crippen LogP contribution >= 0.6 is 0 Å². The average molecular weight is 753 g/mol. The van der Waals surface area contributed by atoms with Gasteiger partial charge in [-0.05, 0) is 84.5 Å². The fourth-order valence-corrected chi connectivity index (χ4v) is 8.75. The van der Waals surface area contributed by atoms with Crippen molar-refractivity contribution in [3.8, 4) is 0 Å². The van der Waals surface area contributed by atoms with Crippen LogP contribution in [0.15, 0.2) is 24.3 Å². The lowest BCUT2D eigenvalue weighted by atomic mass is 9.93. The van der Waals surface area contributed by atoms with Gasteiger partial charge in [-0.2, -0.15) is 0 Å². The van der Waals surface area contributed by atoms with Crippen molar-refractivity contribution in [2.24, 2.45) is 0 Å². The Hall–Kier alpha value is -2.43. The lowest BCUT2D eigenvalue weighted by Gasteiger charge is -2.39. The van der Waals surface area contributed by atoms with Crippen LogP contribution in [0, 0.1) is 13.8 Å². The summed E-state index contributed by atoms with van der Waals surface area (Å²) in [4.78, 5) is 23.4. The zero-order chi connectivity index (χ0) is 38.2. The van der Waals surface area contributed by atoms with E-state index in [-0.39, 0.29) is 34.1 Å². The summed E-state index contributed by atoms with van der Waals surface area (Å²) in [6.07, 6.45) is 0. The van der Waals surface area contributed by atoms with E-state index in [1.165, 1.54) is 22.3 Å². The SMILES string of the molecule is Cc1c(C2CNC(CO[Si](C)(C)C(C)(C)C)CN2)ccc2c1COC2=O.Cc1c(C2CNC(CO[Si](C)(C)C(C)(C)C)CN2)ccc2c1COC2=O. The van der Waals surface area contributed by atoms with Crippen LogP contribution in [0.4, 0.5) is 0 Å². The van der Waals surface area contributed by atoms with Gasteiger partial charge in [0.25, 0.3) is 0 Å². The number of carbonyl (C=O) groups is 2. The van der Waals surface area contributed by atoms with Gasteiger partial charge in [0.15, 0.2) is 16.6 Å². The molecule has 0 bridgehead atoms. The Morgan fingerprint density at radius 2 is 0.981 bits per heavy atom. The van der Waals surface area contributed by atoms with Crippen molar-refractivity contribution >= 4 is 28.6 Å². The van der Waals surface area contributed by atoms with Gasteiger partial charge in [0, 0.05) is 61.5 Å². The maximum absolute atomic E-state index is 11.7. The van der Waals surface area contributed by atoms with E-state index < -0.39 is 16.6 Å². The molecule has 2 aromatic carbocycles. The van der Waals surface area contributed by atoms with Crippen molar-refractivity contribution < 1.29 is 27.9 Å². The van der Waals surface area contributed by atoms with E-state index in [0.29, 0.717) is 25.3 Å². The third-order valence-electron chi connectivity index (χ3n) is 12.5. The van der Waals surface area contributed by atoms with Gasteiger partial charge < -0.3 is 39.6 Å². The lowest BCUT2D eigenvalue weighted by Crippen LogP contribution is -2.54. The smallest absolute Gasteiger partial charge is 0.338 e. The number of cyclic esters (lactones) is 2. The molecular weight excluding hydrogens is 689 g/mol. The third kappa shape index (κ3) is 8.92. The predicted molar refractivity (Wildman–Crippen MR) is 212 cm³/mol.